The van der Waals surface area contributed by atoms with Crippen LogP contribution in [0, 0.1) is 5.92 Å². The maximum atomic E-state index is 12.5. The van der Waals surface area contributed by atoms with Crippen LogP contribution in [0.5, 0.6) is 5.75 Å². The van der Waals surface area contributed by atoms with Crippen LogP contribution in [0.2, 0.25) is 5.02 Å². The molecule has 1 aromatic heterocycles. The summed E-state index contributed by atoms with van der Waals surface area (Å²) in [5.41, 5.74) is 3.05. The largest absolute Gasteiger partial charge is 0.493 e. The normalized spacial score (nSPS) is 14.2. The van der Waals surface area contributed by atoms with E-state index in [0.29, 0.717) is 28.9 Å². The Labute approximate surface area is 207 Å². The van der Waals surface area contributed by atoms with Gasteiger partial charge in [-0.05, 0) is 96.7 Å². The molecule has 0 aliphatic carbocycles. The van der Waals surface area contributed by atoms with Gasteiger partial charge in [0.25, 0.3) is 0 Å². The fraction of sp³-hybridized carbons (Fsp3) is 0.333. The number of hydrogen-bond acceptors (Lipinski definition) is 4. The fourth-order valence-corrected chi connectivity index (χ4v) is 4.65. The second-order valence-electron chi connectivity index (χ2n) is 8.09. The first-order valence-corrected chi connectivity index (χ1v) is 12.2. The number of nitrogens with zero attached hydrogens (tertiary/aromatic N) is 2. The molecular formula is C24H27BrClN5O2. The van der Waals surface area contributed by atoms with Gasteiger partial charge < -0.3 is 20.7 Å². The molecule has 2 aromatic carbocycles. The molecule has 1 fully saturated rings. The van der Waals surface area contributed by atoms with Crippen molar-refractivity contribution in [3.05, 3.63) is 58.2 Å². The summed E-state index contributed by atoms with van der Waals surface area (Å²) < 4.78 is 8.86. The van der Waals surface area contributed by atoms with Crippen molar-refractivity contribution in [3.8, 4) is 17.0 Å². The van der Waals surface area contributed by atoms with Crippen LogP contribution in [0.3, 0.4) is 0 Å². The molecule has 0 bridgehead atoms. The highest BCUT2D eigenvalue weighted by molar-refractivity contribution is 9.10. The van der Waals surface area contributed by atoms with Gasteiger partial charge >= 0.3 is 6.03 Å². The summed E-state index contributed by atoms with van der Waals surface area (Å²) in [6.07, 6.45) is 5.16. The number of piperidine rings is 1. The highest BCUT2D eigenvalue weighted by Gasteiger charge is 2.18. The third-order valence-electron chi connectivity index (χ3n) is 5.73. The number of aryl methyl sites for hydroxylation is 1. The monoisotopic (exact) mass is 531 g/mol. The molecule has 1 aliphatic rings. The minimum atomic E-state index is -0.341. The van der Waals surface area contributed by atoms with E-state index in [0.717, 1.165) is 41.0 Å². The molecule has 3 N–H and O–H groups in total. The van der Waals surface area contributed by atoms with Crippen LogP contribution >= 0.6 is 27.5 Å². The third-order valence-corrected chi connectivity index (χ3v) is 6.56. The number of rotatable bonds is 7. The molecule has 9 heteroatoms. The smallest absolute Gasteiger partial charge is 0.323 e. The molecule has 0 spiro atoms. The van der Waals surface area contributed by atoms with Gasteiger partial charge in [-0.15, -0.1) is 0 Å². The van der Waals surface area contributed by atoms with E-state index in [1.807, 2.05) is 25.2 Å². The summed E-state index contributed by atoms with van der Waals surface area (Å²) >= 11 is 9.50. The van der Waals surface area contributed by atoms with E-state index < -0.39 is 0 Å². The SMILES string of the molecule is Cn1ncc(Br)c1-c1cc(NC(=O)Nc2ccc(Cl)cc2)ccc1OCCC1CCNCC1. The van der Waals surface area contributed by atoms with Gasteiger partial charge in [0.05, 0.1) is 23.0 Å². The van der Waals surface area contributed by atoms with Gasteiger partial charge in [0, 0.05) is 29.0 Å². The molecule has 0 saturated carbocycles. The minimum Gasteiger partial charge on any atom is -0.493 e. The number of amides is 2. The Kier molecular flexibility index (Phi) is 7.90. The Bertz CT molecular complexity index is 1080. The van der Waals surface area contributed by atoms with E-state index in [2.05, 4.69) is 37.0 Å². The average Bonchev–Trinajstić information content (AvgIpc) is 3.14. The number of hydrogen-bond donors (Lipinski definition) is 3. The standard InChI is InChI=1S/C24H27BrClN5O2/c1-31-23(21(25)15-28-31)20-14-19(30-24(32)29-18-4-2-17(26)3-5-18)6-7-22(20)33-13-10-16-8-11-27-12-9-16/h2-7,14-16,27H,8-13H2,1H3,(H2,29,30,32). The highest BCUT2D eigenvalue weighted by Crippen LogP contribution is 2.37. The van der Waals surface area contributed by atoms with Crippen molar-refractivity contribution in [2.24, 2.45) is 13.0 Å². The zero-order valence-corrected chi connectivity index (χ0v) is 20.7. The van der Waals surface area contributed by atoms with Crippen LogP contribution in [0.1, 0.15) is 19.3 Å². The van der Waals surface area contributed by atoms with Crippen molar-refractivity contribution >= 4 is 44.9 Å². The Morgan fingerprint density at radius 3 is 2.58 bits per heavy atom. The van der Waals surface area contributed by atoms with Gasteiger partial charge in [-0.3, -0.25) is 4.68 Å². The Balaban J connectivity index is 1.49. The number of carbonyl (C=O) groups is 1. The van der Waals surface area contributed by atoms with Crippen LogP contribution in [-0.4, -0.2) is 35.5 Å². The average molecular weight is 533 g/mol. The lowest BCUT2D eigenvalue weighted by Gasteiger charge is -2.23. The first-order valence-electron chi connectivity index (χ1n) is 11.0. The zero-order valence-electron chi connectivity index (χ0n) is 18.4. The van der Waals surface area contributed by atoms with Crippen molar-refractivity contribution in [2.75, 3.05) is 30.3 Å². The van der Waals surface area contributed by atoms with E-state index in [1.165, 1.54) is 12.8 Å². The summed E-state index contributed by atoms with van der Waals surface area (Å²) in [4.78, 5) is 12.5. The Morgan fingerprint density at radius 2 is 1.88 bits per heavy atom. The number of aromatic nitrogens is 2. The number of anilines is 2. The second-order valence-corrected chi connectivity index (χ2v) is 9.38. The molecule has 174 valence electrons. The number of nitrogens with one attached hydrogen (secondary N) is 3. The maximum absolute atomic E-state index is 12.5. The molecular weight excluding hydrogens is 506 g/mol. The van der Waals surface area contributed by atoms with Gasteiger partial charge in [-0.2, -0.15) is 5.10 Å². The summed E-state index contributed by atoms with van der Waals surface area (Å²) in [6, 6.07) is 12.3. The quantitative estimate of drug-likeness (QED) is 0.353. The predicted octanol–water partition coefficient (Wildman–Crippen LogP) is 5.92. The van der Waals surface area contributed by atoms with Crippen molar-refractivity contribution in [2.45, 2.75) is 19.3 Å². The van der Waals surface area contributed by atoms with E-state index in [9.17, 15) is 4.79 Å². The minimum absolute atomic E-state index is 0.341. The number of carbonyl (C=O) groups excluding carboxylic acids is 1. The van der Waals surface area contributed by atoms with E-state index in [-0.39, 0.29) is 6.03 Å². The topological polar surface area (TPSA) is 80.2 Å². The molecule has 0 atom stereocenters. The summed E-state index contributed by atoms with van der Waals surface area (Å²) in [7, 11) is 1.88. The first-order chi connectivity index (χ1) is 16.0. The highest BCUT2D eigenvalue weighted by atomic mass is 79.9. The Hall–Kier alpha value is -2.55. The number of benzene rings is 2. The van der Waals surface area contributed by atoms with E-state index in [4.69, 9.17) is 16.3 Å². The molecule has 2 heterocycles. The molecule has 2 amide bonds. The molecule has 1 saturated heterocycles. The number of urea groups is 1. The third kappa shape index (κ3) is 6.28. The molecule has 0 radical (unpaired) electrons. The molecule has 7 nitrogen and oxygen atoms in total. The lowest BCUT2D eigenvalue weighted by Crippen LogP contribution is -2.28. The maximum Gasteiger partial charge on any atom is 0.323 e. The summed E-state index contributed by atoms with van der Waals surface area (Å²) in [5.74, 6) is 1.45. The van der Waals surface area contributed by atoms with Crippen molar-refractivity contribution in [1.82, 2.24) is 15.1 Å². The molecule has 3 aromatic rings. The number of ether oxygens (including phenoxy) is 1. The lowest BCUT2D eigenvalue weighted by atomic mass is 9.95. The van der Waals surface area contributed by atoms with Gasteiger partial charge in [-0.25, -0.2) is 4.79 Å². The van der Waals surface area contributed by atoms with Gasteiger partial charge in [-0.1, -0.05) is 11.6 Å². The van der Waals surface area contributed by atoms with Crippen LogP contribution in [0.15, 0.2) is 53.1 Å². The van der Waals surface area contributed by atoms with Crippen molar-refractivity contribution in [1.29, 1.82) is 0 Å². The van der Waals surface area contributed by atoms with Crippen LogP contribution in [-0.2, 0) is 7.05 Å². The zero-order chi connectivity index (χ0) is 23.2. The van der Waals surface area contributed by atoms with E-state index >= 15 is 0 Å². The lowest BCUT2D eigenvalue weighted by molar-refractivity contribution is 0.252. The fourth-order valence-electron chi connectivity index (χ4n) is 3.96. The molecule has 1 aliphatic heterocycles. The first kappa shape index (κ1) is 23.6. The van der Waals surface area contributed by atoms with Gasteiger partial charge in [0.2, 0.25) is 0 Å². The summed E-state index contributed by atoms with van der Waals surface area (Å²) in [6.45, 7) is 2.81. The van der Waals surface area contributed by atoms with Crippen molar-refractivity contribution in [3.63, 3.8) is 0 Å². The van der Waals surface area contributed by atoms with Crippen LogP contribution < -0.4 is 20.7 Å². The molecule has 33 heavy (non-hydrogen) atoms. The second kappa shape index (κ2) is 11.0. The van der Waals surface area contributed by atoms with Crippen LogP contribution in [0.4, 0.5) is 16.2 Å². The Morgan fingerprint density at radius 1 is 1.18 bits per heavy atom. The van der Waals surface area contributed by atoms with Gasteiger partial charge in [0.1, 0.15) is 5.75 Å². The number of halogens is 2. The van der Waals surface area contributed by atoms with Crippen LogP contribution in [0.25, 0.3) is 11.3 Å². The van der Waals surface area contributed by atoms with Crippen molar-refractivity contribution < 1.29 is 9.53 Å². The molecule has 4 rings (SSSR count). The van der Waals surface area contributed by atoms with E-state index in [1.54, 1.807) is 35.1 Å². The summed E-state index contributed by atoms with van der Waals surface area (Å²) in [5, 5.41) is 14.1. The molecule has 0 unspecified atom stereocenters. The van der Waals surface area contributed by atoms with Gasteiger partial charge in [0.15, 0.2) is 0 Å². The predicted molar refractivity (Wildman–Crippen MR) is 136 cm³/mol.